The van der Waals surface area contributed by atoms with Crippen molar-refractivity contribution in [2.45, 2.75) is 6.04 Å². The van der Waals surface area contributed by atoms with Gasteiger partial charge in [-0.3, -0.25) is 4.79 Å². The average Bonchev–Trinajstić information content (AvgIpc) is 2.82. The van der Waals surface area contributed by atoms with E-state index in [1.54, 1.807) is 6.07 Å². The lowest BCUT2D eigenvalue weighted by Crippen LogP contribution is -2.30. The van der Waals surface area contributed by atoms with Crippen molar-refractivity contribution >= 4 is 5.91 Å². The molecule has 0 bridgehead atoms. The predicted molar refractivity (Wildman–Crippen MR) is 68.5 cm³/mol. The third-order valence-electron chi connectivity index (χ3n) is 3.18. The molecule has 1 N–H and O–H groups in total. The third kappa shape index (κ3) is 2.22. The minimum atomic E-state index is -0.594. The van der Waals surface area contributed by atoms with E-state index in [-0.39, 0.29) is 12.2 Å². The van der Waals surface area contributed by atoms with Gasteiger partial charge in [0.1, 0.15) is 24.0 Å². The Hall–Kier alpha value is -2.43. The van der Waals surface area contributed by atoms with E-state index in [2.05, 4.69) is 5.32 Å². The maximum atomic E-state index is 13.5. The Morgan fingerprint density at radius 3 is 2.80 bits per heavy atom. The van der Waals surface area contributed by atoms with Gasteiger partial charge in [-0.15, -0.1) is 0 Å². The van der Waals surface area contributed by atoms with Gasteiger partial charge in [0.15, 0.2) is 0 Å². The number of ether oxygens (including phenoxy) is 1. The second kappa shape index (κ2) is 4.92. The molecule has 2 aromatic rings. The largest absolute Gasteiger partial charge is 0.491 e. The Morgan fingerprint density at radius 1 is 1.20 bits per heavy atom. The van der Waals surface area contributed by atoms with Gasteiger partial charge in [-0.25, -0.2) is 8.78 Å². The number of halogens is 2. The van der Waals surface area contributed by atoms with Crippen LogP contribution >= 0.6 is 0 Å². The summed E-state index contributed by atoms with van der Waals surface area (Å²) in [6.45, 7) is 0.207. The summed E-state index contributed by atoms with van der Waals surface area (Å²) in [5.74, 6) is -1.01. The Morgan fingerprint density at radius 2 is 2.00 bits per heavy atom. The molecule has 1 heterocycles. The van der Waals surface area contributed by atoms with Crippen LogP contribution in [0.3, 0.4) is 0 Å². The Labute approximate surface area is 114 Å². The highest BCUT2D eigenvalue weighted by atomic mass is 19.1. The second-order valence-electron chi connectivity index (χ2n) is 4.50. The molecule has 2 aromatic carbocycles. The molecule has 3 nitrogen and oxygen atoms in total. The molecular formula is C15H11F2NO2. The van der Waals surface area contributed by atoms with Crippen LogP contribution in [0.15, 0.2) is 42.5 Å². The molecule has 1 aliphatic rings. The van der Waals surface area contributed by atoms with Gasteiger partial charge in [0, 0.05) is 5.56 Å². The number of carbonyl (C=O) groups is 1. The Bertz CT molecular complexity index is 673. The minimum absolute atomic E-state index is 0.0441. The molecule has 0 radical (unpaired) electrons. The summed E-state index contributed by atoms with van der Waals surface area (Å²) in [6.07, 6.45) is 0. The standard InChI is InChI=1S/C15H11F2NO2/c16-9-5-6-14-11(7-9)13(8-20-14)18-15(19)10-3-1-2-4-12(10)17/h1-7,13H,8H2,(H,18,19). The topological polar surface area (TPSA) is 38.3 Å². The van der Waals surface area contributed by atoms with Gasteiger partial charge >= 0.3 is 0 Å². The highest BCUT2D eigenvalue weighted by Crippen LogP contribution is 2.32. The molecule has 102 valence electrons. The highest BCUT2D eigenvalue weighted by molar-refractivity contribution is 5.94. The summed E-state index contributed by atoms with van der Waals surface area (Å²) < 4.78 is 32.1. The van der Waals surface area contributed by atoms with Gasteiger partial charge in [-0.1, -0.05) is 12.1 Å². The molecule has 0 saturated carbocycles. The summed E-state index contributed by atoms with van der Waals surface area (Å²) in [6, 6.07) is 9.34. The molecule has 0 spiro atoms. The van der Waals surface area contributed by atoms with Crippen molar-refractivity contribution in [3.05, 3.63) is 65.2 Å². The summed E-state index contributed by atoms with van der Waals surface area (Å²) in [5.41, 5.74) is 0.520. The molecule has 0 aliphatic carbocycles. The van der Waals surface area contributed by atoms with Crippen molar-refractivity contribution in [2.75, 3.05) is 6.61 Å². The zero-order valence-corrected chi connectivity index (χ0v) is 10.4. The number of hydrogen-bond donors (Lipinski definition) is 1. The fourth-order valence-corrected chi connectivity index (χ4v) is 2.19. The first kappa shape index (κ1) is 12.6. The maximum absolute atomic E-state index is 13.5. The van der Waals surface area contributed by atoms with E-state index < -0.39 is 23.6 Å². The monoisotopic (exact) mass is 275 g/mol. The summed E-state index contributed by atoms with van der Waals surface area (Å²) >= 11 is 0. The van der Waals surface area contributed by atoms with E-state index >= 15 is 0 Å². The first-order chi connectivity index (χ1) is 9.65. The van der Waals surface area contributed by atoms with Crippen LogP contribution in [0.5, 0.6) is 5.75 Å². The molecule has 0 fully saturated rings. The van der Waals surface area contributed by atoms with E-state index in [1.165, 1.54) is 36.4 Å². The Kier molecular flexibility index (Phi) is 3.10. The lowest BCUT2D eigenvalue weighted by molar-refractivity contribution is 0.0926. The van der Waals surface area contributed by atoms with Crippen LogP contribution in [-0.2, 0) is 0 Å². The molecule has 1 amide bonds. The molecular weight excluding hydrogens is 264 g/mol. The van der Waals surface area contributed by atoms with Crippen molar-refractivity contribution in [3.63, 3.8) is 0 Å². The Balaban J connectivity index is 1.82. The van der Waals surface area contributed by atoms with Crippen LogP contribution in [0.1, 0.15) is 22.0 Å². The second-order valence-corrected chi connectivity index (χ2v) is 4.50. The van der Waals surface area contributed by atoms with Crippen LogP contribution in [0, 0.1) is 11.6 Å². The van der Waals surface area contributed by atoms with Crippen molar-refractivity contribution in [2.24, 2.45) is 0 Å². The number of hydrogen-bond acceptors (Lipinski definition) is 2. The molecule has 1 atom stereocenters. The molecule has 0 aromatic heterocycles. The molecule has 0 saturated heterocycles. The van der Waals surface area contributed by atoms with Crippen LogP contribution in [-0.4, -0.2) is 12.5 Å². The molecule has 3 rings (SSSR count). The first-order valence-electron chi connectivity index (χ1n) is 6.13. The van der Waals surface area contributed by atoms with E-state index in [0.29, 0.717) is 11.3 Å². The van der Waals surface area contributed by atoms with Gasteiger partial charge in [0.25, 0.3) is 5.91 Å². The molecule has 20 heavy (non-hydrogen) atoms. The third-order valence-corrected chi connectivity index (χ3v) is 3.18. The van der Waals surface area contributed by atoms with E-state index in [4.69, 9.17) is 4.74 Å². The number of benzene rings is 2. The normalized spacial score (nSPS) is 16.4. The van der Waals surface area contributed by atoms with Gasteiger partial charge < -0.3 is 10.1 Å². The summed E-state index contributed by atoms with van der Waals surface area (Å²) in [4.78, 5) is 12.0. The number of fused-ring (bicyclic) bond motifs is 1. The lowest BCUT2D eigenvalue weighted by atomic mass is 10.1. The highest BCUT2D eigenvalue weighted by Gasteiger charge is 2.27. The van der Waals surface area contributed by atoms with Crippen LogP contribution in [0.2, 0.25) is 0 Å². The number of amides is 1. The zero-order chi connectivity index (χ0) is 14.1. The molecule has 1 aliphatic heterocycles. The maximum Gasteiger partial charge on any atom is 0.254 e. The number of rotatable bonds is 2. The quantitative estimate of drug-likeness (QED) is 0.915. The van der Waals surface area contributed by atoms with Crippen molar-refractivity contribution < 1.29 is 18.3 Å². The van der Waals surface area contributed by atoms with Crippen LogP contribution in [0.4, 0.5) is 8.78 Å². The minimum Gasteiger partial charge on any atom is -0.491 e. The fourth-order valence-electron chi connectivity index (χ4n) is 2.19. The molecule has 1 unspecified atom stereocenters. The van der Waals surface area contributed by atoms with Crippen molar-refractivity contribution in [1.29, 1.82) is 0 Å². The van der Waals surface area contributed by atoms with E-state index in [9.17, 15) is 13.6 Å². The lowest BCUT2D eigenvalue weighted by Gasteiger charge is -2.12. The average molecular weight is 275 g/mol. The van der Waals surface area contributed by atoms with Crippen molar-refractivity contribution in [3.8, 4) is 5.75 Å². The van der Waals surface area contributed by atoms with Gasteiger partial charge in [0.05, 0.1) is 11.6 Å². The first-order valence-corrected chi connectivity index (χ1v) is 6.13. The van der Waals surface area contributed by atoms with Crippen LogP contribution in [0.25, 0.3) is 0 Å². The van der Waals surface area contributed by atoms with Gasteiger partial charge in [0.2, 0.25) is 0 Å². The van der Waals surface area contributed by atoms with Gasteiger partial charge in [-0.2, -0.15) is 0 Å². The van der Waals surface area contributed by atoms with Crippen molar-refractivity contribution in [1.82, 2.24) is 5.32 Å². The zero-order valence-electron chi connectivity index (χ0n) is 10.4. The summed E-state index contributed by atoms with van der Waals surface area (Å²) in [7, 11) is 0. The smallest absolute Gasteiger partial charge is 0.254 e. The summed E-state index contributed by atoms with van der Waals surface area (Å²) in [5, 5.41) is 2.65. The van der Waals surface area contributed by atoms with E-state index in [1.807, 2.05) is 0 Å². The number of carbonyl (C=O) groups excluding carboxylic acids is 1. The van der Waals surface area contributed by atoms with Crippen LogP contribution < -0.4 is 10.1 Å². The fraction of sp³-hybridized carbons (Fsp3) is 0.133. The van der Waals surface area contributed by atoms with E-state index in [0.717, 1.165) is 0 Å². The van der Waals surface area contributed by atoms with Gasteiger partial charge in [-0.05, 0) is 30.3 Å². The predicted octanol–water partition coefficient (Wildman–Crippen LogP) is 2.83. The SMILES string of the molecule is O=C(NC1COc2ccc(F)cc21)c1ccccc1F. The molecule has 5 heteroatoms. The number of nitrogens with one attached hydrogen (secondary N) is 1.